The Balaban J connectivity index is 0.00000364. The van der Waals surface area contributed by atoms with Gasteiger partial charge in [-0.25, -0.2) is 12.8 Å². The second kappa shape index (κ2) is 9.75. The molecule has 7 nitrogen and oxygen atoms in total. The summed E-state index contributed by atoms with van der Waals surface area (Å²) in [5.41, 5.74) is 5.68. The van der Waals surface area contributed by atoms with Crippen molar-refractivity contribution in [2.24, 2.45) is 5.73 Å². The Labute approximate surface area is 163 Å². The highest BCUT2D eigenvalue weighted by atomic mass is 35.5. The molecule has 0 aliphatic heterocycles. The number of halogens is 2. The van der Waals surface area contributed by atoms with Crippen LogP contribution in [0.25, 0.3) is 0 Å². The van der Waals surface area contributed by atoms with Gasteiger partial charge in [-0.2, -0.15) is 4.31 Å². The summed E-state index contributed by atoms with van der Waals surface area (Å²) in [5.74, 6) is -0.937. The van der Waals surface area contributed by atoms with E-state index in [4.69, 9.17) is 5.73 Å². The monoisotopic (exact) mass is 417 g/mol. The molecule has 0 unspecified atom stereocenters. The van der Waals surface area contributed by atoms with E-state index in [9.17, 15) is 22.9 Å². The fourth-order valence-corrected chi connectivity index (χ4v) is 4.01. The SMILES string of the molecule is Cc1c(F)cc(S(=O)(=O)N(CCN)CCc2ccccc2)cc1[N+](=O)[O-].Cl. The molecule has 10 heteroatoms. The number of nitrogens with zero attached hydrogens (tertiary/aromatic N) is 2. The van der Waals surface area contributed by atoms with Crippen molar-refractivity contribution in [2.75, 3.05) is 19.6 Å². The molecule has 0 bridgehead atoms. The zero-order valence-corrected chi connectivity index (χ0v) is 16.3. The summed E-state index contributed by atoms with van der Waals surface area (Å²) in [6, 6.07) is 11.0. The first-order valence-corrected chi connectivity index (χ1v) is 9.40. The van der Waals surface area contributed by atoms with Crippen LogP contribution in [0.4, 0.5) is 10.1 Å². The molecular formula is C17H21ClFN3O4S. The number of rotatable bonds is 8. The lowest BCUT2D eigenvalue weighted by Crippen LogP contribution is -2.37. The van der Waals surface area contributed by atoms with Crippen LogP contribution < -0.4 is 5.73 Å². The lowest BCUT2D eigenvalue weighted by Gasteiger charge is -2.22. The van der Waals surface area contributed by atoms with Crippen molar-refractivity contribution in [2.45, 2.75) is 18.2 Å². The molecule has 2 rings (SSSR count). The minimum atomic E-state index is -4.12. The van der Waals surface area contributed by atoms with Crippen molar-refractivity contribution < 1.29 is 17.7 Å². The van der Waals surface area contributed by atoms with E-state index < -0.39 is 31.3 Å². The predicted molar refractivity (Wildman–Crippen MR) is 103 cm³/mol. The molecule has 2 N–H and O–H groups in total. The minimum Gasteiger partial charge on any atom is -0.329 e. The first-order valence-electron chi connectivity index (χ1n) is 7.96. The fraction of sp³-hybridized carbons (Fsp3) is 0.294. The summed E-state index contributed by atoms with van der Waals surface area (Å²) in [6.45, 7) is 1.46. The summed E-state index contributed by atoms with van der Waals surface area (Å²) < 4.78 is 40.9. The Morgan fingerprint density at radius 2 is 1.81 bits per heavy atom. The standard InChI is InChI=1S/C17H20FN3O4S.ClH/c1-13-16(18)11-15(12-17(13)21(22)23)26(24,25)20(10-8-19)9-7-14-5-3-2-4-6-14;/h2-6,11-12H,7-10,19H2,1H3;1H. The van der Waals surface area contributed by atoms with Gasteiger partial charge in [-0.15, -0.1) is 12.4 Å². The van der Waals surface area contributed by atoms with Gasteiger partial charge in [0.2, 0.25) is 10.0 Å². The van der Waals surface area contributed by atoms with E-state index in [1.54, 1.807) is 0 Å². The summed E-state index contributed by atoms with van der Waals surface area (Å²) in [7, 11) is -4.12. The smallest absolute Gasteiger partial charge is 0.276 e. The molecule has 0 spiro atoms. The maximum absolute atomic E-state index is 14.0. The van der Waals surface area contributed by atoms with Gasteiger partial charge in [-0.1, -0.05) is 30.3 Å². The number of nitro benzene ring substituents is 1. The molecule has 0 aromatic heterocycles. The van der Waals surface area contributed by atoms with Gasteiger partial charge >= 0.3 is 0 Å². The van der Waals surface area contributed by atoms with E-state index in [-0.39, 0.29) is 37.6 Å². The highest BCUT2D eigenvalue weighted by molar-refractivity contribution is 7.89. The van der Waals surface area contributed by atoms with Crippen LogP contribution in [0.2, 0.25) is 0 Å². The largest absolute Gasteiger partial charge is 0.329 e. The third-order valence-electron chi connectivity index (χ3n) is 4.00. The normalized spacial score (nSPS) is 11.3. The molecule has 2 aromatic rings. The lowest BCUT2D eigenvalue weighted by atomic mass is 10.1. The van der Waals surface area contributed by atoms with Gasteiger partial charge < -0.3 is 5.73 Å². The summed E-state index contributed by atoms with van der Waals surface area (Å²) in [5, 5.41) is 11.1. The molecule has 0 aliphatic carbocycles. The molecule has 2 aromatic carbocycles. The lowest BCUT2D eigenvalue weighted by molar-refractivity contribution is -0.385. The molecule has 0 heterocycles. The van der Waals surface area contributed by atoms with Crippen molar-refractivity contribution in [1.29, 1.82) is 0 Å². The minimum absolute atomic E-state index is 0. The highest BCUT2D eigenvalue weighted by Gasteiger charge is 2.28. The van der Waals surface area contributed by atoms with Crippen LogP contribution in [-0.2, 0) is 16.4 Å². The molecule has 0 saturated carbocycles. The van der Waals surface area contributed by atoms with Gasteiger partial charge in [-0.3, -0.25) is 10.1 Å². The van der Waals surface area contributed by atoms with E-state index in [2.05, 4.69) is 0 Å². The number of nitrogens with two attached hydrogens (primary N) is 1. The average Bonchev–Trinajstić information content (AvgIpc) is 2.61. The van der Waals surface area contributed by atoms with Gasteiger partial charge in [0.1, 0.15) is 5.82 Å². The number of hydrogen-bond acceptors (Lipinski definition) is 5. The molecule has 0 atom stereocenters. The zero-order chi connectivity index (χ0) is 19.3. The Kier molecular flexibility index (Phi) is 8.29. The van der Waals surface area contributed by atoms with Crippen molar-refractivity contribution in [3.63, 3.8) is 0 Å². The van der Waals surface area contributed by atoms with Crippen LogP contribution in [0.3, 0.4) is 0 Å². The average molecular weight is 418 g/mol. The van der Waals surface area contributed by atoms with Crippen LogP contribution in [0.1, 0.15) is 11.1 Å². The van der Waals surface area contributed by atoms with Gasteiger partial charge in [0.15, 0.2) is 0 Å². The molecule has 0 saturated heterocycles. The maximum atomic E-state index is 14.0. The van der Waals surface area contributed by atoms with Crippen molar-refractivity contribution >= 4 is 28.1 Å². The number of benzene rings is 2. The molecule has 0 fully saturated rings. The van der Waals surface area contributed by atoms with Crippen molar-refractivity contribution in [1.82, 2.24) is 4.31 Å². The van der Waals surface area contributed by atoms with Crippen LogP contribution in [0, 0.1) is 22.9 Å². The van der Waals surface area contributed by atoms with E-state index in [0.29, 0.717) is 6.42 Å². The Morgan fingerprint density at radius 3 is 2.37 bits per heavy atom. The molecule has 0 aliphatic rings. The Hall–Kier alpha value is -2.07. The van der Waals surface area contributed by atoms with Gasteiger partial charge in [0, 0.05) is 25.7 Å². The van der Waals surface area contributed by atoms with Gasteiger partial charge in [-0.05, 0) is 25.0 Å². The first kappa shape index (κ1) is 23.0. The van der Waals surface area contributed by atoms with Crippen LogP contribution in [-0.4, -0.2) is 37.3 Å². The van der Waals surface area contributed by atoms with E-state index >= 15 is 0 Å². The molecule has 148 valence electrons. The topological polar surface area (TPSA) is 107 Å². The summed E-state index contributed by atoms with van der Waals surface area (Å²) >= 11 is 0. The fourth-order valence-electron chi connectivity index (χ4n) is 2.52. The number of hydrogen-bond donors (Lipinski definition) is 1. The van der Waals surface area contributed by atoms with Crippen molar-refractivity contribution in [3.8, 4) is 0 Å². The quantitative estimate of drug-likeness (QED) is 0.525. The molecule has 0 radical (unpaired) electrons. The third kappa shape index (κ3) is 5.46. The van der Waals surface area contributed by atoms with Crippen molar-refractivity contribution in [3.05, 3.63) is 69.5 Å². The summed E-state index contributed by atoms with van der Waals surface area (Å²) in [6.07, 6.45) is 0.441. The summed E-state index contributed by atoms with van der Waals surface area (Å²) in [4.78, 5) is 9.82. The maximum Gasteiger partial charge on any atom is 0.276 e. The Morgan fingerprint density at radius 1 is 1.19 bits per heavy atom. The van der Waals surface area contributed by atoms with Crippen LogP contribution >= 0.6 is 12.4 Å². The van der Waals surface area contributed by atoms with E-state index in [1.165, 1.54) is 6.92 Å². The van der Waals surface area contributed by atoms with E-state index in [1.807, 2.05) is 30.3 Å². The molecular weight excluding hydrogens is 397 g/mol. The zero-order valence-electron chi connectivity index (χ0n) is 14.7. The van der Waals surface area contributed by atoms with Crippen LogP contribution in [0.15, 0.2) is 47.4 Å². The third-order valence-corrected chi connectivity index (χ3v) is 5.87. The van der Waals surface area contributed by atoms with Gasteiger partial charge in [0.05, 0.1) is 15.4 Å². The second-order valence-corrected chi connectivity index (χ2v) is 7.67. The predicted octanol–water partition coefficient (Wildman–Crippen LogP) is 2.66. The second-order valence-electron chi connectivity index (χ2n) is 5.73. The number of nitro groups is 1. The molecule has 27 heavy (non-hydrogen) atoms. The Bertz CT molecular complexity index is 895. The van der Waals surface area contributed by atoms with Crippen LogP contribution in [0.5, 0.6) is 0 Å². The first-order chi connectivity index (χ1) is 12.3. The molecule has 0 amide bonds. The highest BCUT2D eigenvalue weighted by Crippen LogP contribution is 2.27. The number of sulfonamides is 1. The van der Waals surface area contributed by atoms with Gasteiger partial charge in [0.25, 0.3) is 5.69 Å². The van der Waals surface area contributed by atoms with E-state index in [0.717, 1.165) is 22.0 Å².